The van der Waals surface area contributed by atoms with Gasteiger partial charge in [0.15, 0.2) is 5.82 Å². The fraction of sp³-hybridized carbons (Fsp3) is 0.375. The zero-order chi connectivity index (χ0) is 38.4. The third kappa shape index (κ3) is 9.31. The molecule has 2 aliphatic rings. The molecule has 54 heavy (non-hydrogen) atoms. The highest BCUT2D eigenvalue weighted by Crippen LogP contribution is 2.39. The number of nitrogens with one attached hydrogen (secondary N) is 4. The lowest BCUT2D eigenvalue weighted by molar-refractivity contribution is -0.129. The quantitative estimate of drug-likeness (QED) is 0.110. The SMILES string of the molecule is C=C1CCC(NC(=O)Cc2cccc(NC(=O)CCCCCCNC(=O)C[C@@H]3N=C(c4ccc(Cl)cc4)c4c(sc(C)c4C)-n4c(C)nnc43)c2)C(=O)N1. The molecule has 282 valence electrons. The Morgan fingerprint density at radius 1 is 1.00 bits per heavy atom. The second-order valence-corrected chi connectivity index (χ2v) is 15.4. The lowest BCUT2D eigenvalue weighted by atomic mass is 9.99. The van der Waals surface area contributed by atoms with E-state index in [9.17, 15) is 19.2 Å². The number of nitrogens with zero attached hydrogens (tertiary/aromatic N) is 4. The number of carbonyl (C=O) groups excluding carboxylic acids is 4. The number of aromatic nitrogens is 3. The summed E-state index contributed by atoms with van der Waals surface area (Å²) in [5, 5.41) is 21.9. The normalized spacial score (nSPS) is 16.4. The van der Waals surface area contributed by atoms with E-state index in [1.165, 1.54) is 4.88 Å². The Hall–Kier alpha value is -5.14. The molecule has 6 rings (SSSR count). The summed E-state index contributed by atoms with van der Waals surface area (Å²) in [7, 11) is 0. The number of anilines is 1. The smallest absolute Gasteiger partial charge is 0.246 e. The number of fused-ring (bicyclic) bond motifs is 3. The van der Waals surface area contributed by atoms with Crippen molar-refractivity contribution in [3.05, 3.63) is 105 Å². The minimum atomic E-state index is -0.573. The third-order valence-corrected chi connectivity index (χ3v) is 11.1. The molecule has 0 aliphatic carbocycles. The summed E-state index contributed by atoms with van der Waals surface area (Å²) >= 11 is 7.89. The monoisotopic (exact) mass is 768 g/mol. The van der Waals surface area contributed by atoms with Gasteiger partial charge in [-0.1, -0.05) is 55.3 Å². The fourth-order valence-corrected chi connectivity index (χ4v) is 8.04. The molecule has 2 atom stereocenters. The Labute approximate surface area is 323 Å². The van der Waals surface area contributed by atoms with Crippen LogP contribution in [0.5, 0.6) is 0 Å². The van der Waals surface area contributed by atoms with Gasteiger partial charge in [0.25, 0.3) is 0 Å². The first-order chi connectivity index (χ1) is 26.0. The summed E-state index contributed by atoms with van der Waals surface area (Å²) in [6.45, 7) is 10.4. The average molecular weight is 769 g/mol. The van der Waals surface area contributed by atoms with Gasteiger partial charge in [0.2, 0.25) is 23.6 Å². The van der Waals surface area contributed by atoms with E-state index in [4.69, 9.17) is 16.6 Å². The lowest BCUT2D eigenvalue weighted by Gasteiger charge is -2.24. The minimum Gasteiger partial charge on any atom is -0.356 e. The van der Waals surface area contributed by atoms with E-state index >= 15 is 0 Å². The predicted octanol–water partition coefficient (Wildman–Crippen LogP) is 6.35. The van der Waals surface area contributed by atoms with Crippen LogP contribution in [0.2, 0.25) is 5.02 Å². The molecule has 2 aromatic carbocycles. The first kappa shape index (κ1) is 38.6. The van der Waals surface area contributed by atoms with Crippen molar-refractivity contribution in [2.24, 2.45) is 4.99 Å². The van der Waals surface area contributed by atoms with Crippen LogP contribution in [0.1, 0.15) is 96.2 Å². The predicted molar refractivity (Wildman–Crippen MR) is 211 cm³/mol. The summed E-state index contributed by atoms with van der Waals surface area (Å²) in [4.78, 5) is 56.9. The van der Waals surface area contributed by atoms with Gasteiger partial charge in [-0.2, -0.15) is 0 Å². The third-order valence-electron chi connectivity index (χ3n) is 9.65. The molecule has 1 saturated heterocycles. The van der Waals surface area contributed by atoms with E-state index < -0.39 is 12.1 Å². The van der Waals surface area contributed by atoms with E-state index in [-0.39, 0.29) is 36.5 Å². The molecule has 0 bridgehead atoms. The number of benzene rings is 2. The first-order valence-corrected chi connectivity index (χ1v) is 19.5. The van der Waals surface area contributed by atoms with Gasteiger partial charge in [0.05, 0.1) is 18.6 Å². The molecule has 2 aliphatic heterocycles. The fourth-order valence-electron chi connectivity index (χ4n) is 6.70. The Morgan fingerprint density at radius 3 is 2.56 bits per heavy atom. The number of halogens is 1. The Kier molecular flexibility index (Phi) is 12.4. The maximum atomic E-state index is 13.3. The Balaban J connectivity index is 0.946. The molecule has 2 aromatic heterocycles. The molecule has 1 unspecified atom stereocenters. The Morgan fingerprint density at radius 2 is 1.78 bits per heavy atom. The van der Waals surface area contributed by atoms with Crippen LogP contribution in [-0.2, 0) is 25.6 Å². The summed E-state index contributed by atoms with van der Waals surface area (Å²) in [5.41, 5.74) is 5.90. The number of hydrogen-bond acceptors (Lipinski definition) is 8. The molecule has 4 heterocycles. The number of amides is 4. The highest BCUT2D eigenvalue weighted by Gasteiger charge is 2.32. The lowest BCUT2D eigenvalue weighted by Crippen LogP contribution is -2.49. The Bertz CT molecular complexity index is 2100. The number of aryl methyl sites for hydroxylation is 2. The van der Waals surface area contributed by atoms with Crippen LogP contribution in [0.4, 0.5) is 5.69 Å². The van der Waals surface area contributed by atoms with Crippen LogP contribution in [0, 0.1) is 20.8 Å². The number of carbonyl (C=O) groups is 4. The number of hydrogen-bond donors (Lipinski definition) is 4. The van der Waals surface area contributed by atoms with Gasteiger partial charge in [-0.25, -0.2) is 0 Å². The van der Waals surface area contributed by atoms with E-state index in [2.05, 4.69) is 51.9 Å². The van der Waals surface area contributed by atoms with Gasteiger partial charge >= 0.3 is 0 Å². The maximum Gasteiger partial charge on any atom is 0.246 e. The number of piperidine rings is 1. The number of thiophene rings is 1. The second-order valence-electron chi connectivity index (χ2n) is 13.8. The van der Waals surface area contributed by atoms with Crippen LogP contribution in [0.25, 0.3) is 5.00 Å². The molecule has 12 nitrogen and oxygen atoms in total. The van der Waals surface area contributed by atoms with Gasteiger partial charge in [0.1, 0.15) is 22.9 Å². The summed E-state index contributed by atoms with van der Waals surface area (Å²) in [5.74, 6) is 0.655. The molecule has 4 amide bonds. The van der Waals surface area contributed by atoms with Crippen molar-refractivity contribution in [2.75, 3.05) is 11.9 Å². The van der Waals surface area contributed by atoms with Crippen molar-refractivity contribution >= 4 is 58.0 Å². The van der Waals surface area contributed by atoms with Crippen LogP contribution in [0.15, 0.2) is 65.8 Å². The van der Waals surface area contributed by atoms with Crippen molar-refractivity contribution in [3.63, 3.8) is 0 Å². The second kappa shape index (κ2) is 17.3. The number of rotatable bonds is 14. The van der Waals surface area contributed by atoms with Crippen LogP contribution < -0.4 is 21.3 Å². The highest BCUT2D eigenvalue weighted by atomic mass is 35.5. The maximum absolute atomic E-state index is 13.3. The zero-order valence-corrected chi connectivity index (χ0v) is 32.3. The van der Waals surface area contributed by atoms with E-state index in [1.807, 2.05) is 41.8 Å². The zero-order valence-electron chi connectivity index (χ0n) is 30.8. The molecular weight excluding hydrogens is 724 g/mol. The number of allylic oxidation sites excluding steroid dienone is 1. The molecule has 14 heteroatoms. The van der Waals surface area contributed by atoms with Crippen molar-refractivity contribution in [1.29, 1.82) is 0 Å². The number of unbranched alkanes of at least 4 members (excludes halogenated alkanes) is 3. The van der Waals surface area contributed by atoms with Crippen molar-refractivity contribution in [1.82, 2.24) is 30.7 Å². The molecule has 4 N–H and O–H groups in total. The van der Waals surface area contributed by atoms with E-state index in [0.29, 0.717) is 54.5 Å². The van der Waals surface area contributed by atoms with Crippen molar-refractivity contribution in [2.45, 2.75) is 90.6 Å². The van der Waals surface area contributed by atoms with Gasteiger partial charge in [-0.3, -0.25) is 28.7 Å². The summed E-state index contributed by atoms with van der Waals surface area (Å²) < 4.78 is 2.04. The summed E-state index contributed by atoms with van der Waals surface area (Å²) in [6, 6.07) is 13.7. The van der Waals surface area contributed by atoms with Crippen molar-refractivity contribution in [3.8, 4) is 5.00 Å². The largest absolute Gasteiger partial charge is 0.356 e. The molecule has 4 aromatic rings. The summed E-state index contributed by atoms with van der Waals surface area (Å²) in [6.07, 6.45) is 4.92. The molecule has 1 fully saturated rings. The topological polar surface area (TPSA) is 159 Å². The molecule has 0 spiro atoms. The molecular formula is C40H45ClN8O4S. The van der Waals surface area contributed by atoms with E-state index in [1.54, 1.807) is 29.5 Å². The van der Waals surface area contributed by atoms with Crippen LogP contribution >= 0.6 is 22.9 Å². The highest BCUT2D eigenvalue weighted by molar-refractivity contribution is 7.15. The molecule has 0 saturated carbocycles. The average Bonchev–Trinajstić information content (AvgIpc) is 3.61. The van der Waals surface area contributed by atoms with Crippen molar-refractivity contribution < 1.29 is 19.2 Å². The van der Waals surface area contributed by atoms with E-state index in [0.717, 1.165) is 58.1 Å². The standard InChI is InChI=1S/C40H45ClN8O4S/c1-23-13-18-31(39(53)43-23)45-35(52)21-27-10-9-11-30(20-27)44-33(50)12-7-5-6-8-19-42-34(51)22-32-38-48-47-26(4)49(38)40-36(24(2)25(3)54-40)37(46-32)28-14-16-29(41)17-15-28/h9-11,14-17,20,31-32H,1,5-8,12-13,18-19,21-22H2,2-4H3,(H,42,51)(H,43,53)(H,44,50)(H,45,52)/t31?,32-/m0/s1. The van der Waals surface area contributed by atoms with Gasteiger partial charge in [-0.05, 0) is 81.8 Å². The van der Waals surface area contributed by atoms with Gasteiger partial charge in [-0.15, -0.1) is 21.5 Å². The van der Waals surface area contributed by atoms with Crippen LogP contribution in [-0.4, -0.2) is 56.7 Å². The number of aliphatic imine (C=N–C) groups is 1. The minimum absolute atomic E-state index is 0.0970. The van der Waals surface area contributed by atoms with Gasteiger partial charge < -0.3 is 21.3 Å². The first-order valence-electron chi connectivity index (χ1n) is 18.3. The van der Waals surface area contributed by atoms with Crippen LogP contribution in [0.3, 0.4) is 0 Å². The molecule has 0 radical (unpaired) electrons. The van der Waals surface area contributed by atoms with Gasteiger partial charge in [0, 0.05) is 45.4 Å².